The van der Waals surface area contributed by atoms with E-state index in [4.69, 9.17) is 27.6 Å². The second-order valence-corrected chi connectivity index (χ2v) is 11.1. The number of amides is 2. The van der Waals surface area contributed by atoms with Gasteiger partial charge < -0.3 is 15.4 Å². The van der Waals surface area contributed by atoms with Crippen molar-refractivity contribution in [3.05, 3.63) is 64.7 Å². The van der Waals surface area contributed by atoms with E-state index in [-0.39, 0.29) is 17.4 Å². The first kappa shape index (κ1) is 28.3. The van der Waals surface area contributed by atoms with Gasteiger partial charge in [0.2, 0.25) is 5.96 Å². The van der Waals surface area contributed by atoms with Crippen LogP contribution in [0.4, 0.5) is 0 Å². The smallest absolute Gasteiger partial charge is 0.280 e. The first-order valence-electron chi connectivity index (χ1n) is 12.6. The molecule has 0 heterocycles. The molecular formula is C28H36ClN5O3. The van der Waals surface area contributed by atoms with Gasteiger partial charge in [-0.2, -0.15) is 4.99 Å². The molecule has 0 bridgehead atoms. The third kappa shape index (κ3) is 7.86. The summed E-state index contributed by atoms with van der Waals surface area (Å²) in [7, 11) is 0. The molecule has 2 amide bonds. The van der Waals surface area contributed by atoms with Gasteiger partial charge >= 0.3 is 0 Å². The first-order chi connectivity index (χ1) is 17.5. The van der Waals surface area contributed by atoms with Gasteiger partial charge in [-0.3, -0.25) is 9.59 Å². The third-order valence-electron chi connectivity index (χ3n) is 6.99. The quantitative estimate of drug-likeness (QED) is 0.253. The van der Waals surface area contributed by atoms with E-state index in [1.165, 1.54) is 0 Å². The molecule has 0 aliphatic heterocycles. The molecule has 37 heavy (non-hydrogen) atoms. The zero-order chi connectivity index (χ0) is 27.2. The van der Waals surface area contributed by atoms with Crippen molar-refractivity contribution >= 4 is 29.4 Å². The predicted octanol–water partition coefficient (Wildman–Crippen LogP) is 6.23. The molecule has 1 atom stereocenters. The Morgan fingerprint density at radius 2 is 1.78 bits per heavy atom. The van der Waals surface area contributed by atoms with Crippen molar-refractivity contribution in [2.24, 2.45) is 27.2 Å². The summed E-state index contributed by atoms with van der Waals surface area (Å²) in [6.45, 7) is 8.99. The van der Waals surface area contributed by atoms with Crippen LogP contribution in [0.1, 0.15) is 69.3 Å². The molecular weight excluding hydrogens is 490 g/mol. The molecule has 1 unspecified atom stereocenters. The number of hydrogen-bond acceptors (Lipinski definition) is 4. The third-order valence-corrected chi connectivity index (χ3v) is 7.22. The molecule has 0 spiro atoms. The fourth-order valence-electron chi connectivity index (χ4n) is 4.81. The lowest BCUT2D eigenvalue weighted by molar-refractivity contribution is -0.142. The summed E-state index contributed by atoms with van der Waals surface area (Å²) in [5, 5.41) is 3.49. The van der Waals surface area contributed by atoms with E-state index in [2.05, 4.69) is 30.9 Å². The highest BCUT2D eigenvalue weighted by Crippen LogP contribution is 2.39. The molecule has 2 aromatic carbocycles. The molecule has 1 aliphatic carbocycles. The van der Waals surface area contributed by atoms with Crippen LogP contribution in [0.15, 0.2) is 58.6 Å². The van der Waals surface area contributed by atoms with Gasteiger partial charge in [0.1, 0.15) is 5.75 Å². The Labute approximate surface area is 223 Å². The van der Waals surface area contributed by atoms with E-state index in [0.29, 0.717) is 28.8 Å². The number of carbonyl (C=O) groups excluding carboxylic acids is 2. The summed E-state index contributed by atoms with van der Waals surface area (Å²) in [4.78, 5) is 31.4. The first-order valence-corrected chi connectivity index (χ1v) is 12.9. The van der Waals surface area contributed by atoms with Crippen molar-refractivity contribution < 1.29 is 14.3 Å². The van der Waals surface area contributed by atoms with Gasteiger partial charge in [-0.15, -0.1) is 5.11 Å². The molecule has 1 fully saturated rings. The number of nitrogens with zero attached hydrogens (tertiary/aromatic N) is 3. The second-order valence-electron chi connectivity index (χ2n) is 10.6. The highest BCUT2D eigenvalue weighted by Gasteiger charge is 2.35. The topological polar surface area (TPSA) is 121 Å². The summed E-state index contributed by atoms with van der Waals surface area (Å²) in [5.74, 6) is 0.109. The lowest BCUT2D eigenvalue weighted by atomic mass is 9.71. The minimum Gasteiger partial charge on any atom is -0.481 e. The van der Waals surface area contributed by atoms with E-state index >= 15 is 0 Å². The summed E-state index contributed by atoms with van der Waals surface area (Å²) < 4.78 is 5.97. The van der Waals surface area contributed by atoms with Crippen LogP contribution in [0, 0.1) is 16.9 Å². The van der Waals surface area contributed by atoms with Crippen molar-refractivity contribution in [3.8, 4) is 5.75 Å². The Kier molecular flexibility index (Phi) is 9.43. The fourth-order valence-corrected chi connectivity index (χ4v) is 4.99. The predicted molar refractivity (Wildman–Crippen MR) is 145 cm³/mol. The molecule has 1 aliphatic rings. The van der Waals surface area contributed by atoms with Crippen LogP contribution in [0.3, 0.4) is 0 Å². The Morgan fingerprint density at radius 3 is 2.35 bits per heavy atom. The number of carbonyl (C=O) groups is 2. The maximum Gasteiger partial charge on any atom is 0.280 e. The van der Waals surface area contributed by atoms with E-state index in [9.17, 15) is 9.59 Å². The van der Waals surface area contributed by atoms with Crippen molar-refractivity contribution in [1.29, 1.82) is 5.53 Å². The van der Waals surface area contributed by atoms with E-state index in [1.54, 1.807) is 55.5 Å². The van der Waals surface area contributed by atoms with Gasteiger partial charge in [0.15, 0.2) is 6.10 Å². The molecule has 0 saturated heterocycles. The normalized spacial score (nSPS) is 19.1. The molecule has 198 valence electrons. The van der Waals surface area contributed by atoms with Crippen LogP contribution >= 0.6 is 11.6 Å². The number of nitrogens with two attached hydrogens (primary N) is 1. The standard InChI is InChI=1S/C28H36ClN5O3/c1-18(37-24-7-5-6-22(29)16-24)26(36)34(23-14-12-21(13-15-23)28(2,3)4)17-19-8-10-20(11-9-19)25(35)32-27(30)33-31/h5-11,16,18,21,23,31H,12-15,17H2,1-4H3,(H2,30,32,35). The summed E-state index contributed by atoms with van der Waals surface area (Å²) in [6, 6.07) is 14.0. The highest BCUT2D eigenvalue weighted by atomic mass is 35.5. The molecule has 3 rings (SSSR count). The second kappa shape index (κ2) is 12.3. The van der Waals surface area contributed by atoms with Gasteiger partial charge in [-0.05, 0) is 79.8 Å². The Bertz CT molecular complexity index is 1140. The number of guanidine groups is 1. The van der Waals surface area contributed by atoms with Gasteiger partial charge in [-0.1, -0.05) is 50.6 Å². The summed E-state index contributed by atoms with van der Waals surface area (Å²) in [6.07, 6.45) is 3.30. The van der Waals surface area contributed by atoms with Crippen LogP contribution in [-0.4, -0.2) is 34.8 Å². The molecule has 0 radical (unpaired) electrons. The number of rotatable bonds is 7. The maximum atomic E-state index is 13.7. The molecule has 1 saturated carbocycles. The number of nitrogens with one attached hydrogen (secondary N) is 1. The van der Waals surface area contributed by atoms with E-state index in [1.807, 2.05) is 4.90 Å². The number of hydrogen-bond donors (Lipinski definition) is 2. The van der Waals surface area contributed by atoms with Crippen molar-refractivity contribution in [3.63, 3.8) is 0 Å². The highest BCUT2D eigenvalue weighted by molar-refractivity contribution is 6.30. The van der Waals surface area contributed by atoms with Crippen LogP contribution < -0.4 is 10.5 Å². The van der Waals surface area contributed by atoms with E-state index in [0.717, 1.165) is 31.2 Å². The largest absolute Gasteiger partial charge is 0.481 e. The van der Waals surface area contributed by atoms with Crippen LogP contribution in [0.25, 0.3) is 0 Å². The lowest BCUT2D eigenvalue weighted by Crippen LogP contribution is -2.47. The van der Waals surface area contributed by atoms with Crippen LogP contribution in [0.5, 0.6) is 5.75 Å². The monoisotopic (exact) mass is 525 g/mol. The van der Waals surface area contributed by atoms with Gasteiger partial charge in [0.05, 0.1) is 0 Å². The number of halogens is 1. The fraction of sp³-hybridized carbons (Fsp3) is 0.464. The molecule has 9 heteroatoms. The zero-order valence-electron chi connectivity index (χ0n) is 21.9. The zero-order valence-corrected chi connectivity index (χ0v) is 22.7. The minimum atomic E-state index is -0.689. The van der Waals surface area contributed by atoms with Gasteiger partial charge in [0.25, 0.3) is 11.8 Å². The lowest BCUT2D eigenvalue weighted by Gasteiger charge is -2.41. The molecule has 0 aromatic heterocycles. The van der Waals surface area contributed by atoms with Crippen molar-refractivity contribution in [2.45, 2.75) is 72.1 Å². The van der Waals surface area contributed by atoms with Crippen LogP contribution in [0.2, 0.25) is 5.02 Å². The maximum absolute atomic E-state index is 13.7. The van der Waals surface area contributed by atoms with Crippen molar-refractivity contribution in [2.75, 3.05) is 0 Å². The summed E-state index contributed by atoms with van der Waals surface area (Å²) >= 11 is 6.09. The van der Waals surface area contributed by atoms with E-state index < -0.39 is 18.0 Å². The average Bonchev–Trinajstić information content (AvgIpc) is 2.86. The number of aliphatic imine (C=N–C) groups is 1. The Balaban J connectivity index is 1.79. The Morgan fingerprint density at radius 1 is 1.14 bits per heavy atom. The Hall–Kier alpha value is -3.26. The molecule has 2 aromatic rings. The van der Waals surface area contributed by atoms with Gasteiger partial charge in [0, 0.05) is 23.2 Å². The molecule has 8 nitrogen and oxygen atoms in total. The summed E-state index contributed by atoms with van der Waals surface area (Å²) in [5.41, 5.74) is 13.7. The minimum absolute atomic E-state index is 0.0891. The molecule has 3 N–H and O–H groups in total. The SMILES string of the molecule is CC(Oc1cccc(Cl)c1)C(=O)N(Cc1ccc(C(=O)N=C(N)N=N)cc1)C1CCC(C(C)(C)C)CC1. The number of benzene rings is 2. The average molecular weight is 526 g/mol. The number of ether oxygens (including phenoxy) is 1. The van der Waals surface area contributed by atoms with Gasteiger partial charge in [-0.25, -0.2) is 5.53 Å². The van der Waals surface area contributed by atoms with Crippen molar-refractivity contribution in [1.82, 2.24) is 4.90 Å². The van der Waals surface area contributed by atoms with Crippen LogP contribution in [-0.2, 0) is 11.3 Å².